The van der Waals surface area contributed by atoms with Gasteiger partial charge in [0, 0.05) is 43.0 Å². The summed E-state index contributed by atoms with van der Waals surface area (Å²) in [7, 11) is 0. The molecule has 0 fully saturated rings. The third-order valence-corrected chi connectivity index (χ3v) is 4.03. The molecule has 0 aliphatic heterocycles. The Bertz CT molecular complexity index is 911. The highest BCUT2D eigenvalue weighted by atomic mass is 16.2. The number of nitrogens with one attached hydrogen (secondary N) is 4. The van der Waals surface area contributed by atoms with Gasteiger partial charge in [-0.15, -0.1) is 0 Å². The standard InChI is InChI=1S/C20H25N7O2/c1-3-7-25-19(28)15-6-4-5-14(10-15)13(2)26-12-16(11-21)27-20(29)17-18(22)24-9-8-23-17/h4-6,8-13,21,26H,3,7H2,1-2H3,(H2,22,24)(H,25,28)(H,27,29)/b16-12+,21-11?. The number of nitrogens with two attached hydrogens (primary N) is 1. The minimum absolute atomic E-state index is 0.00817. The van der Waals surface area contributed by atoms with Gasteiger partial charge in [-0.2, -0.15) is 0 Å². The monoisotopic (exact) mass is 395 g/mol. The van der Waals surface area contributed by atoms with Gasteiger partial charge in [-0.3, -0.25) is 9.59 Å². The largest absolute Gasteiger partial charge is 0.383 e. The number of amides is 2. The summed E-state index contributed by atoms with van der Waals surface area (Å²) in [5.74, 6) is -0.673. The molecule has 0 spiro atoms. The van der Waals surface area contributed by atoms with E-state index >= 15 is 0 Å². The Morgan fingerprint density at radius 2 is 2.00 bits per heavy atom. The van der Waals surface area contributed by atoms with Gasteiger partial charge in [0.15, 0.2) is 11.5 Å². The van der Waals surface area contributed by atoms with Crippen LogP contribution in [0.3, 0.4) is 0 Å². The van der Waals surface area contributed by atoms with Gasteiger partial charge in [0.2, 0.25) is 0 Å². The molecular weight excluding hydrogens is 370 g/mol. The molecule has 0 saturated heterocycles. The van der Waals surface area contributed by atoms with Crippen LogP contribution in [-0.4, -0.2) is 34.5 Å². The molecule has 0 bridgehead atoms. The summed E-state index contributed by atoms with van der Waals surface area (Å²) in [4.78, 5) is 32.1. The number of rotatable bonds is 9. The molecule has 9 heteroatoms. The molecule has 0 saturated carbocycles. The van der Waals surface area contributed by atoms with Crippen molar-refractivity contribution in [2.24, 2.45) is 0 Å². The SMILES string of the molecule is CCCNC(=O)c1cccc(C(C)N/C=C(\C=N)NC(=O)c2nccnc2N)c1. The molecule has 1 aromatic carbocycles. The van der Waals surface area contributed by atoms with Crippen molar-refractivity contribution >= 4 is 23.8 Å². The average Bonchev–Trinajstić information content (AvgIpc) is 2.74. The second-order valence-electron chi connectivity index (χ2n) is 6.26. The third kappa shape index (κ3) is 6.13. The number of carbonyl (C=O) groups excluding carboxylic acids is 2. The summed E-state index contributed by atoms with van der Waals surface area (Å²) in [6, 6.07) is 7.10. The Balaban J connectivity index is 2.05. The number of nitrogen functional groups attached to an aromatic ring is 1. The fraction of sp³-hybridized carbons (Fsp3) is 0.250. The zero-order valence-corrected chi connectivity index (χ0v) is 16.4. The minimum atomic E-state index is -0.561. The molecule has 1 atom stereocenters. The lowest BCUT2D eigenvalue weighted by Crippen LogP contribution is -2.27. The zero-order chi connectivity index (χ0) is 21.2. The molecule has 2 amide bonds. The number of anilines is 1. The van der Waals surface area contributed by atoms with Crippen molar-refractivity contribution in [1.29, 1.82) is 5.41 Å². The number of carbonyl (C=O) groups is 2. The summed E-state index contributed by atoms with van der Waals surface area (Å²) in [5, 5.41) is 16.0. The van der Waals surface area contributed by atoms with Crippen LogP contribution in [0.25, 0.3) is 0 Å². The van der Waals surface area contributed by atoms with Gasteiger partial charge >= 0.3 is 0 Å². The Morgan fingerprint density at radius 1 is 1.24 bits per heavy atom. The first-order chi connectivity index (χ1) is 14.0. The molecule has 1 unspecified atom stereocenters. The lowest BCUT2D eigenvalue weighted by molar-refractivity contribution is 0.0949. The lowest BCUT2D eigenvalue weighted by Gasteiger charge is -2.15. The van der Waals surface area contributed by atoms with Crippen molar-refractivity contribution in [3.05, 3.63) is 65.4 Å². The predicted molar refractivity (Wildman–Crippen MR) is 111 cm³/mol. The molecule has 0 radical (unpaired) electrons. The van der Waals surface area contributed by atoms with E-state index in [1.165, 1.54) is 18.6 Å². The topological polar surface area (TPSA) is 146 Å². The lowest BCUT2D eigenvalue weighted by atomic mass is 10.0. The maximum Gasteiger partial charge on any atom is 0.278 e. The van der Waals surface area contributed by atoms with Crippen LogP contribution in [0.15, 0.2) is 48.6 Å². The molecule has 9 nitrogen and oxygen atoms in total. The molecule has 1 aromatic heterocycles. The fourth-order valence-corrected chi connectivity index (χ4v) is 2.43. The van der Waals surface area contributed by atoms with E-state index in [1.54, 1.807) is 12.1 Å². The first kappa shape index (κ1) is 21.5. The van der Waals surface area contributed by atoms with Crippen LogP contribution in [0.4, 0.5) is 5.82 Å². The molecular formula is C20H25N7O2. The van der Waals surface area contributed by atoms with Crippen LogP contribution in [0, 0.1) is 5.41 Å². The van der Waals surface area contributed by atoms with E-state index < -0.39 is 5.91 Å². The van der Waals surface area contributed by atoms with Gasteiger partial charge in [0.25, 0.3) is 11.8 Å². The Kier molecular flexibility index (Phi) is 7.84. The number of hydrogen-bond donors (Lipinski definition) is 5. The quantitative estimate of drug-likeness (QED) is 0.409. The maximum absolute atomic E-state index is 12.2. The average molecular weight is 395 g/mol. The molecule has 0 aliphatic rings. The van der Waals surface area contributed by atoms with Crippen molar-refractivity contribution in [1.82, 2.24) is 25.9 Å². The number of benzene rings is 1. The Hall–Kier alpha value is -3.75. The third-order valence-electron chi connectivity index (χ3n) is 4.03. The second-order valence-corrected chi connectivity index (χ2v) is 6.26. The molecule has 6 N–H and O–H groups in total. The van der Waals surface area contributed by atoms with Crippen LogP contribution in [0.5, 0.6) is 0 Å². The summed E-state index contributed by atoms with van der Waals surface area (Å²) >= 11 is 0. The van der Waals surface area contributed by atoms with Crippen LogP contribution >= 0.6 is 0 Å². The van der Waals surface area contributed by atoms with Crippen LogP contribution in [-0.2, 0) is 0 Å². The summed E-state index contributed by atoms with van der Waals surface area (Å²) in [6.45, 7) is 4.52. The normalized spacial score (nSPS) is 12.0. The highest BCUT2D eigenvalue weighted by molar-refractivity contribution is 6.00. The number of allylic oxidation sites excluding steroid dienone is 1. The van der Waals surface area contributed by atoms with Gasteiger partial charge in [-0.05, 0) is 31.0 Å². The summed E-state index contributed by atoms with van der Waals surface area (Å²) < 4.78 is 0. The smallest absolute Gasteiger partial charge is 0.278 e. The fourth-order valence-electron chi connectivity index (χ4n) is 2.43. The van der Waals surface area contributed by atoms with E-state index in [4.69, 9.17) is 11.1 Å². The van der Waals surface area contributed by atoms with E-state index in [2.05, 4.69) is 25.9 Å². The van der Waals surface area contributed by atoms with E-state index in [9.17, 15) is 9.59 Å². The highest BCUT2D eigenvalue weighted by Crippen LogP contribution is 2.14. The molecule has 0 aliphatic carbocycles. The first-order valence-electron chi connectivity index (χ1n) is 9.19. The van der Waals surface area contributed by atoms with Gasteiger partial charge in [0.1, 0.15) is 0 Å². The number of aromatic nitrogens is 2. The molecule has 2 rings (SSSR count). The highest BCUT2D eigenvalue weighted by Gasteiger charge is 2.13. The van der Waals surface area contributed by atoms with Crippen molar-refractivity contribution in [3.8, 4) is 0 Å². The minimum Gasteiger partial charge on any atom is -0.383 e. The van der Waals surface area contributed by atoms with Gasteiger partial charge < -0.3 is 27.1 Å². The van der Waals surface area contributed by atoms with E-state index in [-0.39, 0.29) is 29.2 Å². The van der Waals surface area contributed by atoms with Crippen LogP contribution in [0.1, 0.15) is 52.7 Å². The van der Waals surface area contributed by atoms with Crippen molar-refractivity contribution in [2.75, 3.05) is 12.3 Å². The van der Waals surface area contributed by atoms with Crippen LogP contribution in [0.2, 0.25) is 0 Å². The Morgan fingerprint density at radius 3 is 2.69 bits per heavy atom. The number of nitrogens with zero attached hydrogens (tertiary/aromatic N) is 2. The summed E-state index contributed by atoms with van der Waals surface area (Å²) in [6.07, 6.45) is 6.12. The van der Waals surface area contributed by atoms with E-state index in [0.29, 0.717) is 12.1 Å². The molecule has 1 heterocycles. The van der Waals surface area contributed by atoms with Gasteiger partial charge in [-0.1, -0.05) is 19.1 Å². The molecule has 2 aromatic rings. The second kappa shape index (κ2) is 10.5. The van der Waals surface area contributed by atoms with Gasteiger partial charge in [0.05, 0.1) is 5.70 Å². The van der Waals surface area contributed by atoms with Crippen molar-refractivity contribution in [3.63, 3.8) is 0 Å². The maximum atomic E-state index is 12.2. The number of hydrogen-bond acceptors (Lipinski definition) is 7. The molecule has 152 valence electrons. The zero-order valence-electron chi connectivity index (χ0n) is 16.4. The van der Waals surface area contributed by atoms with E-state index in [1.807, 2.05) is 26.0 Å². The summed E-state index contributed by atoms with van der Waals surface area (Å²) in [5.41, 5.74) is 7.32. The molecule has 29 heavy (non-hydrogen) atoms. The van der Waals surface area contributed by atoms with E-state index in [0.717, 1.165) is 18.2 Å². The van der Waals surface area contributed by atoms with Gasteiger partial charge in [-0.25, -0.2) is 9.97 Å². The Labute approximate surface area is 169 Å². The first-order valence-corrected chi connectivity index (χ1v) is 9.19. The van der Waals surface area contributed by atoms with Crippen molar-refractivity contribution < 1.29 is 9.59 Å². The predicted octanol–water partition coefficient (Wildman–Crippen LogP) is 1.77. The van der Waals surface area contributed by atoms with Crippen molar-refractivity contribution in [2.45, 2.75) is 26.3 Å². The van der Waals surface area contributed by atoms with Crippen LogP contribution < -0.4 is 21.7 Å².